The van der Waals surface area contributed by atoms with E-state index < -0.39 is 4.92 Å². The number of non-ortho nitro benzene ring substituents is 1. The highest BCUT2D eigenvalue weighted by atomic mass is 16.6. The van der Waals surface area contributed by atoms with Gasteiger partial charge < -0.3 is 21.1 Å². The summed E-state index contributed by atoms with van der Waals surface area (Å²) in [5.74, 6) is -0.208. The Kier molecular flexibility index (Phi) is 7.38. The Hall–Kier alpha value is -3.13. The number of aliphatic hydroxyl groups is 1. The van der Waals surface area contributed by atoms with Crippen LogP contribution in [-0.2, 0) is 11.2 Å². The highest BCUT2D eigenvalue weighted by Gasteiger charge is 2.11. The SMILES string of the molecule is O=C(CNc1cc([N+](=O)[O-])ccc1NCCO)NCCc1ccccc1. The summed E-state index contributed by atoms with van der Waals surface area (Å²) in [6.45, 7) is 0.727. The number of hydrogen-bond acceptors (Lipinski definition) is 6. The van der Waals surface area contributed by atoms with Crippen molar-refractivity contribution in [3.8, 4) is 0 Å². The van der Waals surface area contributed by atoms with Crippen molar-refractivity contribution in [2.45, 2.75) is 6.42 Å². The Morgan fingerprint density at radius 2 is 1.81 bits per heavy atom. The number of anilines is 2. The van der Waals surface area contributed by atoms with Crippen LogP contribution in [0.4, 0.5) is 17.1 Å². The highest BCUT2D eigenvalue weighted by molar-refractivity contribution is 5.83. The third-order valence-corrected chi connectivity index (χ3v) is 3.66. The van der Waals surface area contributed by atoms with Crippen LogP contribution in [0.3, 0.4) is 0 Å². The minimum atomic E-state index is -0.499. The summed E-state index contributed by atoms with van der Waals surface area (Å²) < 4.78 is 0. The molecule has 0 aliphatic carbocycles. The van der Waals surface area contributed by atoms with Crippen molar-refractivity contribution >= 4 is 23.0 Å². The molecular formula is C18H22N4O4. The van der Waals surface area contributed by atoms with E-state index in [1.807, 2.05) is 30.3 Å². The summed E-state index contributed by atoms with van der Waals surface area (Å²) in [5, 5.41) is 28.5. The zero-order valence-electron chi connectivity index (χ0n) is 14.3. The van der Waals surface area contributed by atoms with E-state index >= 15 is 0 Å². The van der Waals surface area contributed by atoms with E-state index in [0.717, 1.165) is 12.0 Å². The molecule has 0 fully saturated rings. The number of carbonyl (C=O) groups excluding carboxylic acids is 1. The summed E-state index contributed by atoms with van der Waals surface area (Å²) in [5.41, 5.74) is 2.08. The number of aliphatic hydroxyl groups excluding tert-OH is 1. The van der Waals surface area contributed by atoms with Gasteiger partial charge in [-0.1, -0.05) is 30.3 Å². The molecule has 0 saturated heterocycles. The molecule has 138 valence electrons. The number of nitro benzene ring substituents is 1. The molecule has 2 aromatic carbocycles. The number of carbonyl (C=O) groups is 1. The van der Waals surface area contributed by atoms with E-state index in [4.69, 9.17) is 5.11 Å². The first-order valence-electron chi connectivity index (χ1n) is 8.28. The summed E-state index contributed by atoms with van der Waals surface area (Å²) in [6.07, 6.45) is 0.729. The normalized spacial score (nSPS) is 10.2. The fraction of sp³-hybridized carbons (Fsp3) is 0.278. The predicted octanol–water partition coefficient (Wildman–Crippen LogP) is 1.77. The zero-order valence-corrected chi connectivity index (χ0v) is 14.3. The molecule has 8 nitrogen and oxygen atoms in total. The van der Waals surface area contributed by atoms with Crippen LogP contribution in [0.15, 0.2) is 48.5 Å². The van der Waals surface area contributed by atoms with E-state index in [9.17, 15) is 14.9 Å². The van der Waals surface area contributed by atoms with Crippen LogP contribution in [-0.4, -0.2) is 42.2 Å². The lowest BCUT2D eigenvalue weighted by molar-refractivity contribution is -0.384. The van der Waals surface area contributed by atoms with E-state index in [1.54, 1.807) is 6.07 Å². The molecular weight excluding hydrogens is 336 g/mol. The van der Waals surface area contributed by atoms with E-state index in [0.29, 0.717) is 24.5 Å². The highest BCUT2D eigenvalue weighted by Crippen LogP contribution is 2.26. The van der Waals surface area contributed by atoms with Gasteiger partial charge in [0.05, 0.1) is 29.4 Å². The molecule has 0 radical (unpaired) electrons. The molecule has 0 spiro atoms. The number of amides is 1. The van der Waals surface area contributed by atoms with Gasteiger partial charge in [-0.2, -0.15) is 0 Å². The number of benzene rings is 2. The lowest BCUT2D eigenvalue weighted by atomic mass is 10.1. The molecule has 4 N–H and O–H groups in total. The Morgan fingerprint density at radius 1 is 1.04 bits per heavy atom. The second-order valence-corrected chi connectivity index (χ2v) is 5.58. The Morgan fingerprint density at radius 3 is 2.50 bits per heavy atom. The largest absolute Gasteiger partial charge is 0.395 e. The molecule has 0 saturated carbocycles. The minimum absolute atomic E-state index is 0.0102. The van der Waals surface area contributed by atoms with Crippen molar-refractivity contribution in [1.29, 1.82) is 0 Å². The van der Waals surface area contributed by atoms with Gasteiger partial charge in [0.25, 0.3) is 5.69 Å². The van der Waals surface area contributed by atoms with Gasteiger partial charge in [-0.3, -0.25) is 14.9 Å². The monoisotopic (exact) mass is 358 g/mol. The zero-order chi connectivity index (χ0) is 18.8. The van der Waals surface area contributed by atoms with Crippen molar-refractivity contribution < 1.29 is 14.8 Å². The molecule has 0 unspecified atom stereocenters. The van der Waals surface area contributed by atoms with E-state index in [2.05, 4.69) is 16.0 Å². The van der Waals surface area contributed by atoms with Crippen LogP contribution in [0.25, 0.3) is 0 Å². The molecule has 0 aliphatic rings. The van der Waals surface area contributed by atoms with Crippen molar-refractivity contribution in [3.05, 3.63) is 64.2 Å². The summed E-state index contributed by atoms with van der Waals surface area (Å²) in [7, 11) is 0. The van der Waals surface area contributed by atoms with E-state index in [-0.39, 0.29) is 24.7 Å². The van der Waals surface area contributed by atoms with E-state index in [1.165, 1.54) is 12.1 Å². The van der Waals surface area contributed by atoms with Gasteiger partial charge in [0.15, 0.2) is 0 Å². The number of nitrogens with one attached hydrogen (secondary N) is 3. The molecule has 2 aromatic rings. The number of hydrogen-bond donors (Lipinski definition) is 4. The molecule has 2 rings (SSSR count). The first-order valence-corrected chi connectivity index (χ1v) is 8.28. The van der Waals surface area contributed by atoms with Crippen LogP contribution in [0.1, 0.15) is 5.56 Å². The summed E-state index contributed by atoms with van der Waals surface area (Å²) >= 11 is 0. The van der Waals surface area contributed by atoms with Crippen molar-refractivity contribution in [2.24, 2.45) is 0 Å². The Labute approximate surface area is 151 Å². The first kappa shape index (κ1) is 19.2. The maximum atomic E-state index is 12.0. The molecule has 0 atom stereocenters. The molecule has 1 amide bonds. The van der Waals surface area contributed by atoms with Crippen LogP contribution in [0, 0.1) is 10.1 Å². The number of nitro groups is 1. The lowest BCUT2D eigenvalue weighted by Gasteiger charge is -2.13. The average Bonchev–Trinajstić information content (AvgIpc) is 2.65. The smallest absolute Gasteiger partial charge is 0.271 e. The first-order chi connectivity index (χ1) is 12.6. The van der Waals surface area contributed by atoms with Crippen molar-refractivity contribution in [3.63, 3.8) is 0 Å². The molecule has 0 aromatic heterocycles. The molecule has 8 heteroatoms. The van der Waals surface area contributed by atoms with Gasteiger partial charge in [0, 0.05) is 25.2 Å². The third-order valence-electron chi connectivity index (χ3n) is 3.66. The van der Waals surface area contributed by atoms with Gasteiger partial charge in [-0.05, 0) is 18.1 Å². The maximum Gasteiger partial charge on any atom is 0.271 e. The standard InChI is InChI=1S/C18H22N4O4/c23-11-10-19-16-7-6-15(22(25)26)12-17(16)21-13-18(24)20-9-8-14-4-2-1-3-5-14/h1-7,12,19,21,23H,8-11,13H2,(H,20,24). The molecule has 0 bridgehead atoms. The quantitative estimate of drug-likeness (QED) is 0.380. The second-order valence-electron chi connectivity index (χ2n) is 5.58. The van der Waals surface area contributed by atoms with Crippen molar-refractivity contribution in [1.82, 2.24) is 5.32 Å². The van der Waals surface area contributed by atoms with Crippen molar-refractivity contribution in [2.75, 3.05) is 36.9 Å². The van der Waals surface area contributed by atoms with Crippen LogP contribution < -0.4 is 16.0 Å². The third kappa shape index (κ3) is 6.06. The number of nitrogens with zero attached hydrogens (tertiary/aromatic N) is 1. The average molecular weight is 358 g/mol. The maximum absolute atomic E-state index is 12.0. The van der Waals surface area contributed by atoms with Crippen LogP contribution in [0.5, 0.6) is 0 Å². The fourth-order valence-electron chi connectivity index (χ4n) is 2.37. The molecule has 0 heterocycles. The summed E-state index contributed by atoms with van der Waals surface area (Å²) in [4.78, 5) is 22.4. The molecule has 0 aliphatic heterocycles. The lowest BCUT2D eigenvalue weighted by Crippen LogP contribution is -2.31. The van der Waals surface area contributed by atoms with Gasteiger partial charge >= 0.3 is 0 Å². The minimum Gasteiger partial charge on any atom is -0.395 e. The van der Waals surface area contributed by atoms with Crippen LogP contribution >= 0.6 is 0 Å². The predicted molar refractivity (Wildman–Crippen MR) is 100 cm³/mol. The Bertz CT molecular complexity index is 737. The van der Waals surface area contributed by atoms with Gasteiger partial charge in [0.1, 0.15) is 0 Å². The second kappa shape index (κ2) is 10.00. The fourth-order valence-corrected chi connectivity index (χ4v) is 2.37. The topological polar surface area (TPSA) is 117 Å². The van der Waals surface area contributed by atoms with Gasteiger partial charge in [-0.15, -0.1) is 0 Å². The van der Waals surface area contributed by atoms with Crippen LogP contribution in [0.2, 0.25) is 0 Å². The van der Waals surface area contributed by atoms with Gasteiger partial charge in [0.2, 0.25) is 5.91 Å². The summed E-state index contributed by atoms with van der Waals surface area (Å²) in [6, 6.07) is 14.1. The number of rotatable bonds is 10. The van der Waals surface area contributed by atoms with Gasteiger partial charge in [-0.25, -0.2) is 0 Å². The Balaban J connectivity index is 1.88. The molecule has 26 heavy (non-hydrogen) atoms.